The van der Waals surface area contributed by atoms with Crippen LogP contribution >= 0.6 is 11.6 Å². The number of hydrogen-bond donors (Lipinski definition) is 1. The molecule has 1 aromatic heterocycles. The van der Waals surface area contributed by atoms with E-state index in [1.165, 1.54) is 0 Å². The summed E-state index contributed by atoms with van der Waals surface area (Å²) in [7, 11) is 0. The van der Waals surface area contributed by atoms with E-state index in [-0.39, 0.29) is 18.0 Å². The van der Waals surface area contributed by atoms with E-state index in [4.69, 9.17) is 11.6 Å². The molecule has 0 aliphatic heterocycles. The Hall–Kier alpha value is -2.59. The van der Waals surface area contributed by atoms with E-state index in [2.05, 4.69) is 4.98 Å². The molecule has 3 rings (SSSR count). The third-order valence-electron chi connectivity index (χ3n) is 4.06. The SMILES string of the molecule is CCCN(Cc1cc2ccccc2[nH]c1=O)C(=O)c1ccc(Cl)cc1. The standard InChI is InChI=1S/C20H19ClN2O2/c1-2-11-23(20(25)14-7-9-17(21)10-8-14)13-16-12-15-5-3-4-6-18(15)22-19(16)24/h3-10,12H,2,11,13H2,1H3,(H,22,24). The van der Waals surface area contributed by atoms with Crippen LogP contribution in [0.1, 0.15) is 29.3 Å². The topological polar surface area (TPSA) is 53.2 Å². The predicted molar refractivity (Wildman–Crippen MR) is 101 cm³/mol. The molecule has 0 unspecified atom stereocenters. The number of para-hydroxylation sites is 1. The summed E-state index contributed by atoms with van der Waals surface area (Å²) < 4.78 is 0. The third kappa shape index (κ3) is 3.91. The summed E-state index contributed by atoms with van der Waals surface area (Å²) in [5.74, 6) is -0.105. The van der Waals surface area contributed by atoms with Gasteiger partial charge in [0.25, 0.3) is 11.5 Å². The van der Waals surface area contributed by atoms with Crippen molar-refractivity contribution in [1.29, 1.82) is 0 Å². The van der Waals surface area contributed by atoms with Crippen LogP contribution in [0.15, 0.2) is 59.4 Å². The summed E-state index contributed by atoms with van der Waals surface area (Å²) in [6, 6.07) is 16.3. The van der Waals surface area contributed by atoms with E-state index < -0.39 is 0 Å². The van der Waals surface area contributed by atoms with Crippen molar-refractivity contribution >= 4 is 28.4 Å². The van der Waals surface area contributed by atoms with Crippen LogP contribution in [0.5, 0.6) is 0 Å². The monoisotopic (exact) mass is 354 g/mol. The van der Waals surface area contributed by atoms with Gasteiger partial charge in [0.05, 0.1) is 6.54 Å². The van der Waals surface area contributed by atoms with Crippen LogP contribution in [0.25, 0.3) is 10.9 Å². The quantitative estimate of drug-likeness (QED) is 0.745. The molecule has 0 aliphatic rings. The summed E-state index contributed by atoms with van der Waals surface area (Å²) >= 11 is 5.89. The van der Waals surface area contributed by atoms with E-state index in [1.807, 2.05) is 37.3 Å². The minimum Gasteiger partial charge on any atom is -0.334 e. The molecule has 0 fully saturated rings. The molecular formula is C20H19ClN2O2. The number of pyridine rings is 1. The minimum atomic E-state index is -0.163. The van der Waals surface area contributed by atoms with Gasteiger partial charge in [0, 0.05) is 28.2 Å². The first-order valence-corrected chi connectivity index (χ1v) is 8.62. The van der Waals surface area contributed by atoms with Crippen molar-refractivity contribution in [2.24, 2.45) is 0 Å². The second-order valence-corrected chi connectivity index (χ2v) is 6.38. The number of amides is 1. The molecule has 1 heterocycles. The van der Waals surface area contributed by atoms with Gasteiger partial charge in [-0.25, -0.2) is 0 Å². The average molecular weight is 355 g/mol. The Morgan fingerprint density at radius 2 is 1.84 bits per heavy atom. The number of aromatic amines is 1. The molecule has 128 valence electrons. The summed E-state index contributed by atoms with van der Waals surface area (Å²) in [5, 5.41) is 1.54. The Balaban J connectivity index is 1.91. The van der Waals surface area contributed by atoms with E-state index in [9.17, 15) is 9.59 Å². The zero-order chi connectivity index (χ0) is 17.8. The Kier molecular flexibility index (Phi) is 5.19. The van der Waals surface area contributed by atoms with Crippen molar-refractivity contribution in [3.63, 3.8) is 0 Å². The summed E-state index contributed by atoms with van der Waals surface area (Å²) in [4.78, 5) is 29.7. The summed E-state index contributed by atoms with van der Waals surface area (Å²) in [6.45, 7) is 2.86. The van der Waals surface area contributed by atoms with Crippen molar-refractivity contribution in [3.05, 3.63) is 81.1 Å². The third-order valence-corrected chi connectivity index (χ3v) is 4.32. The smallest absolute Gasteiger partial charge is 0.254 e. The van der Waals surface area contributed by atoms with Gasteiger partial charge >= 0.3 is 0 Å². The van der Waals surface area contributed by atoms with Crippen LogP contribution in [0, 0.1) is 0 Å². The summed E-state index contributed by atoms with van der Waals surface area (Å²) in [6.07, 6.45) is 0.810. The number of rotatable bonds is 5. The highest BCUT2D eigenvalue weighted by Gasteiger charge is 2.17. The molecule has 1 amide bonds. The zero-order valence-electron chi connectivity index (χ0n) is 14.0. The van der Waals surface area contributed by atoms with Crippen molar-refractivity contribution in [2.75, 3.05) is 6.54 Å². The number of carbonyl (C=O) groups excluding carboxylic acids is 1. The molecule has 2 aromatic carbocycles. The first-order valence-electron chi connectivity index (χ1n) is 8.24. The molecule has 0 saturated heterocycles. The van der Waals surface area contributed by atoms with E-state index in [0.717, 1.165) is 17.3 Å². The highest BCUT2D eigenvalue weighted by atomic mass is 35.5. The number of H-pyrrole nitrogens is 1. The predicted octanol–water partition coefficient (Wildman–Crippen LogP) is 4.23. The van der Waals surface area contributed by atoms with Gasteiger partial charge < -0.3 is 9.88 Å². The lowest BCUT2D eigenvalue weighted by atomic mass is 10.1. The molecule has 5 heteroatoms. The number of benzene rings is 2. The number of halogens is 1. The Labute approximate surface area is 151 Å². The molecule has 1 N–H and O–H groups in total. The first-order chi connectivity index (χ1) is 12.1. The lowest BCUT2D eigenvalue weighted by Gasteiger charge is -2.22. The molecule has 0 atom stereocenters. The Bertz CT molecular complexity index is 948. The van der Waals surface area contributed by atoms with E-state index in [0.29, 0.717) is 22.7 Å². The highest BCUT2D eigenvalue weighted by Crippen LogP contribution is 2.15. The lowest BCUT2D eigenvalue weighted by Crippen LogP contribution is -2.33. The fourth-order valence-electron chi connectivity index (χ4n) is 2.81. The number of hydrogen-bond acceptors (Lipinski definition) is 2. The second-order valence-electron chi connectivity index (χ2n) is 5.94. The van der Waals surface area contributed by atoms with Gasteiger partial charge in [-0.1, -0.05) is 36.7 Å². The van der Waals surface area contributed by atoms with Gasteiger partial charge in [0.1, 0.15) is 0 Å². The molecule has 0 bridgehead atoms. The van der Waals surface area contributed by atoms with Gasteiger partial charge in [-0.3, -0.25) is 9.59 Å². The fourth-order valence-corrected chi connectivity index (χ4v) is 2.94. The van der Waals surface area contributed by atoms with Crippen LogP contribution in [0.3, 0.4) is 0 Å². The van der Waals surface area contributed by atoms with Crippen molar-refractivity contribution in [1.82, 2.24) is 9.88 Å². The first kappa shape index (κ1) is 17.2. The lowest BCUT2D eigenvalue weighted by molar-refractivity contribution is 0.0742. The molecule has 3 aromatic rings. The van der Waals surface area contributed by atoms with E-state index >= 15 is 0 Å². The molecule has 0 radical (unpaired) electrons. The minimum absolute atomic E-state index is 0.105. The van der Waals surface area contributed by atoms with Crippen LogP contribution in [-0.4, -0.2) is 22.3 Å². The van der Waals surface area contributed by atoms with Gasteiger partial charge in [0.2, 0.25) is 0 Å². The van der Waals surface area contributed by atoms with Crippen LogP contribution < -0.4 is 5.56 Å². The average Bonchev–Trinajstić information content (AvgIpc) is 2.62. The number of carbonyl (C=O) groups is 1. The molecule has 0 aliphatic carbocycles. The van der Waals surface area contributed by atoms with Crippen molar-refractivity contribution in [2.45, 2.75) is 19.9 Å². The van der Waals surface area contributed by atoms with Gasteiger partial charge in [-0.2, -0.15) is 0 Å². The van der Waals surface area contributed by atoms with Crippen molar-refractivity contribution < 1.29 is 4.79 Å². The largest absolute Gasteiger partial charge is 0.334 e. The second kappa shape index (κ2) is 7.53. The number of nitrogens with zero attached hydrogens (tertiary/aromatic N) is 1. The summed E-state index contributed by atoms with van der Waals surface area (Å²) in [5.41, 5.74) is 1.77. The molecule has 0 spiro atoms. The highest BCUT2D eigenvalue weighted by molar-refractivity contribution is 6.30. The van der Waals surface area contributed by atoms with Crippen LogP contribution in [-0.2, 0) is 6.54 Å². The van der Waals surface area contributed by atoms with E-state index in [1.54, 1.807) is 29.2 Å². The fraction of sp³-hybridized carbons (Fsp3) is 0.200. The molecular weight excluding hydrogens is 336 g/mol. The maximum Gasteiger partial charge on any atom is 0.254 e. The maximum absolute atomic E-state index is 12.8. The van der Waals surface area contributed by atoms with Gasteiger partial charge in [-0.15, -0.1) is 0 Å². The molecule has 0 saturated carbocycles. The van der Waals surface area contributed by atoms with Crippen LogP contribution in [0.4, 0.5) is 0 Å². The molecule has 25 heavy (non-hydrogen) atoms. The number of fused-ring (bicyclic) bond motifs is 1. The number of aromatic nitrogens is 1. The Morgan fingerprint density at radius 3 is 2.56 bits per heavy atom. The van der Waals surface area contributed by atoms with Crippen molar-refractivity contribution in [3.8, 4) is 0 Å². The normalized spacial score (nSPS) is 10.8. The zero-order valence-corrected chi connectivity index (χ0v) is 14.7. The number of nitrogens with one attached hydrogen (secondary N) is 1. The van der Waals surface area contributed by atoms with Gasteiger partial charge in [0.15, 0.2) is 0 Å². The Morgan fingerprint density at radius 1 is 1.12 bits per heavy atom. The van der Waals surface area contributed by atoms with Gasteiger partial charge in [-0.05, 0) is 48.2 Å². The maximum atomic E-state index is 12.8. The molecule has 4 nitrogen and oxygen atoms in total. The van der Waals surface area contributed by atoms with Crippen LogP contribution in [0.2, 0.25) is 5.02 Å².